The van der Waals surface area contributed by atoms with Crippen LogP contribution >= 0.6 is 11.3 Å². The minimum Gasteiger partial charge on any atom is -0.336 e. The largest absolute Gasteiger partial charge is 0.336 e. The summed E-state index contributed by atoms with van der Waals surface area (Å²) < 4.78 is 1.72. The average Bonchev–Trinajstić information content (AvgIpc) is 3.12. The Hall–Kier alpha value is -1.73. The van der Waals surface area contributed by atoms with Crippen LogP contribution < -0.4 is 0 Å². The number of rotatable bonds is 3. The molecule has 0 unspecified atom stereocenters. The van der Waals surface area contributed by atoms with Crippen molar-refractivity contribution in [3.05, 3.63) is 34.0 Å². The fourth-order valence-electron chi connectivity index (χ4n) is 3.05. The molecule has 0 N–H and O–H groups in total. The van der Waals surface area contributed by atoms with Crippen LogP contribution in [0.4, 0.5) is 0 Å². The van der Waals surface area contributed by atoms with Crippen LogP contribution in [0.25, 0.3) is 0 Å². The Morgan fingerprint density at radius 2 is 2.04 bits per heavy atom. The summed E-state index contributed by atoms with van der Waals surface area (Å²) in [5.41, 5.74) is 1.58. The summed E-state index contributed by atoms with van der Waals surface area (Å²) in [5.74, 6) is 0.0848. The van der Waals surface area contributed by atoms with Crippen molar-refractivity contribution in [2.75, 3.05) is 26.2 Å². The van der Waals surface area contributed by atoms with E-state index in [9.17, 15) is 4.79 Å². The maximum atomic E-state index is 13.0. The van der Waals surface area contributed by atoms with Crippen molar-refractivity contribution >= 4 is 17.2 Å². The predicted octanol–water partition coefficient (Wildman–Crippen LogP) is 2.52. The van der Waals surface area contributed by atoms with Gasteiger partial charge in [0.05, 0.1) is 12.2 Å². The molecular formula is C18H27N5OS. The lowest BCUT2D eigenvalue weighted by atomic mass is 9.92. The van der Waals surface area contributed by atoms with Crippen molar-refractivity contribution < 1.29 is 4.79 Å². The molecule has 1 aliphatic heterocycles. The van der Waals surface area contributed by atoms with Crippen LogP contribution in [-0.2, 0) is 19.0 Å². The Bertz CT molecular complexity index is 716. The maximum absolute atomic E-state index is 13.0. The van der Waals surface area contributed by atoms with Gasteiger partial charge in [0.1, 0.15) is 10.7 Å². The van der Waals surface area contributed by atoms with Crippen molar-refractivity contribution in [2.24, 2.45) is 7.05 Å². The molecule has 2 aromatic rings. The first kappa shape index (κ1) is 18.1. The lowest BCUT2D eigenvalue weighted by molar-refractivity contribution is 0.0750. The lowest BCUT2D eigenvalue weighted by Crippen LogP contribution is -2.36. The van der Waals surface area contributed by atoms with Gasteiger partial charge < -0.3 is 4.90 Å². The minimum atomic E-state index is -0.0560. The zero-order chi connectivity index (χ0) is 18.0. The molecule has 25 heavy (non-hydrogen) atoms. The normalized spacial score (nSPS) is 16.9. The molecule has 0 atom stereocenters. The lowest BCUT2D eigenvalue weighted by Gasteiger charge is -2.21. The number of hydrogen-bond donors (Lipinski definition) is 0. The molecule has 1 aliphatic rings. The van der Waals surface area contributed by atoms with Crippen molar-refractivity contribution in [3.8, 4) is 0 Å². The molecule has 3 rings (SSSR count). The Kier molecular flexibility index (Phi) is 5.24. The monoisotopic (exact) mass is 361 g/mol. The molecule has 0 saturated carbocycles. The number of hydrogen-bond acceptors (Lipinski definition) is 5. The topological polar surface area (TPSA) is 54.3 Å². The van der Waals surface area contributed by atoms with Crippen LogP contribution in [0.2, 0.25) is 0 Å². The molecule has 1 amide bonds. The Labute approximate surface area is 153 Å². The summed E-state index contributed by atoms with van der Waals surface area (Å²) in [6.07, 6.45) is 2.84. The number of carbonyl (C=O) groups excluding carboxylic acids is 1. The van der Waals surface area contributed by atoms with Gasteiger partial charge in [-0.15, -0.1) is 11.3 Å². The summed E-state index contributed by atoms with van der Waals surface area (Å²) in [4.78, 5) is 21.7. The summed E-state index contributed by atoms with van der Waals surface area (Å²) in [6.45, 7) is 10.7. The third-order valence-corrected chi connectivity index (χ3v) is 5.35. The van der Waals surface area contributed by atoms with E-state index in [2.05, 4.69) is 35.8 Å². The quantitative estimate of drug-likeness (QED) is 0.843. The van der Waals surface area contributed by atoms with E-state index in [0.29, 0.717) is 5.69 Å². The first-order valence-corrected chi connectivity index (χ1v) is 9.67. The molecule has 1 saturated heterocycles. The molecule has 0 aliphatic carbocycles. The molecular weight excluding hydrogens is 334 g/mol. The van der Waals surface area contributed by atoms with Crippen LogP contribution in [-0.4, -0.2) is 56.7 Å². The number of nitrogens with zero attached hydrogens (tertiary/aromatic N) is 5. The number of carbonyl (C=O) groups is 1. The van der Waals surface area contributed by atoms with Crippen molar-refractivity contribution in [2.45, 2.75) is 39.2 Å². The SMILES string of the molecule is Cn1nc(C(C)(C)C)cc1C(=O)N1CCCN(Cc2nccs2)CC1. The van der Waals surface area contributed by atoms with Gasteiger partial charge in [0.15, 0.2) is 0 Å². The van der Waals surface area contributed by atoms with Crippen LogP contribution in [0.5, 0.6) is 0 Å². The van der Waals surface area contributed by atoms with Gasteiger partial charge in [0.2, 0.25) is 0 Å². The third kappa shape index (κ3) is 4.27. The summed E-state index contributed by atoms with van der Waals surface area (Å²) in [6, 6.07) is 1.95. The molecule has 0 bridgehead atoms. The van der Waals surface area contributed by atoms with Gasteiger partial charge in [-0.3, -0.25) is 14.4 Å². The molecule has 2 aromatic heterocycles. The molecule has 0 aromatic carbocycles. The van der Waals surface area contributed by atoms with Crippen molar-refractivity contribution in [3.63, 3.8) is 0 Å². The van der Waals surface area contributed by atoms with E-state index in [0.717, 1.165) is 49.8 Å². The van der Waals surface area contributed by atoms with Gasteiger partial charge in [-0.05, 0) is 12.5 Å². The molecule has 1 fully saturated rings. The van der Waals surface area contributed by atoms with E-state index >= 15 is 0 Å². The number of aromatic nitrogens is 3. The highest BCUT2D eigenvalue weighted by Gasteiger charge is 2.26. The van der Waals surface area contributed by atoms with Gasteiger partial charge in [0, 0.05) is 50.2 Å². The van der Waals surface area contributed by atoms with Crippen LogP contribution in [0.1, 0.15) is 48.4 Å². The molecule has 3 heterocycles. The van der Waals surface area contributed by atoms with Crippen molar-refractivity contribution in [1.29, 1.82) is 0 Å². The van der Waals surface area contributed by atoms with Crippen LogP contribution in [0.15, 0.2) is 17.6 Å². The fourth-order valence-corrected chi connectivity index (χ4v) is 3.71. The zero-order valence-corrected chi connectivity index (χ0v) is 16.3. The Morgan fingerprint density at radius 1 is 1.24 bits per heavy atom. The fraction of sp³-hybridized carbons (Fsp3) is 0.611. The summed E-state index contributed by atoms with van der Waals surface area (Å²) >= 11 is 1.69. The maximum Gasteiger partial charge on any atom is 0.272 e. The second kappa shape index (κ2) is 7.25. The zero-order valence-electron chi connectivity index (χ0n) is 15.5. The van der Waals surface area contributed by atoms with Gasteiger partial charge in [0.25, 0.3) is 5.91 Å². The van der Waals surface area contributed by atoms with E-state index in [1.165, 1.54) is 0 Å². The van der Waals surface area contributed by atoms with Crippen LogP contribution in [0, 0.1) is 0 Å². The average molecular weight is 362 g/mol. The standard InChI is InChI=1S/C18H27N5OS/c1-18(2,3)15-12-14(21(4)20-15)17(24)23-8-5-7-22(9-10-23)13-16-19-6-11-25-16/h6,11-12H,5,7-10,13H2,1-4H3. The van der Waals surface area contributed by atoms with E-state index in [4.69, 9.17) is 0 Å². The van der Waals surface area contributed by atoms with Gasteiger partial charge in [-0.25, -0.2) is 4.98 Å². The first-order chi connectivity index (χ1) is 11.8. The number of aryl methyl sites for hydroxylation is 1. The van der Waals surface area contributed by atoms with Gasteiger partial charge in [-0.1, -0.05) is 20.8 Å². The number of amides is 1. The van der Waals surface area contributed by atoms with E-state index in [-0.39, 0.29) is 11.3 Å². The molecule has 7 heteroatoms. The number of thiazole rings is 1. The highest BCUT2D eigenvalue weighted by Crippen LogP contribution is 2.22. The van der Waals surface area contributed by atoms with E-state index < -0.39 is 0 Å². The first-order valence-electron chi connectivity index (χ1n) is 8.79. The highest BCUT2D eigenvalue weighted by atomic mass is 32.1. The molecule has 0 radical (unpaired) electrons. The second-order valence-corrected chi connectivity index (χ2v) is 8.62. The predicted molar refractivity (Wildman–Crippen MR) is 99.8 cm³/mol. The van der Waals surface area contributed by atoms with Crippen molar-refractivity contribution in [1.82, 2.24) is 24.6 Å². The third-order valence-electron chi connectivity index (χ3n) is 4.59. The van der Waals surface area contributed by atoms with Crippen LogP contribution in [0.3, 0.4) is 0 Å². The summed E-state index contributed by atoms with van der Waals surface area (Å²) in [5, 5.41) is 7.69. The highest BCUT2D eigenvalue weighted by molar-refractivity contribution is 7.09. The summed E-state index contributed by atoms with van der Waals surface area (Å²) in [7, 11) is 1.86. The smallest absolute Gasteiger partial charge is 0.272 e. The Balaban J connectivity index is 1.66. The minimum absolute atomic E-state index is 0.0560. The van der Waals surface area contributed by atoms with Gasteiger partial charge >= 0.3 is 0 Å². The van der Waals surface area contributed by atoms with Gasteiger partial charge in [-0.2, -0.15) is 5.10 Å². The van der Waals surface area contributed by atoms with E-state index in [1.807, 2.05) is 29.6 Å². The Morgan fingerprint density at radius 3 is 2.68 bits per heavy atom. The second-order valence-electron chi connectivity index (χ2n) is 7.64. The molecule has 0 spiro atoms. The molecule has 136 valence electrons. The molecule has 6 nitrogen and oxygen atoms in total. The van der Waals surface area contributed by atoms with E-state index in [1.54, 1.807) is 16.0 Å².